The van der Waals surface area contributed by atoms with Gasteiger partial charge in [0.25, 0.3) is 0 Å². The van der Waals surface area contributed by atoms with Crippen LogP contribution in [-0.2, 0) is 21.3 Å². The van der Waals surface area contributed by atoms with Gasteiger partial charge in [-0.3, -0.25) is 0 Å². The highest BCUT2D eigenvalue weighted by Gasteiger charge is 2.18. The van der Waals surface area contributed by atoms with Gasteiger partial charge >= 0.3 is 0 Å². The Hall–Kier alpha value is -0.920. The van der Waals surface area contributed by atoms with Crippen LogP contribution in [0.4, 0.5) is 0 Å². The van der Waals surface area contributed by atoms with Crippen molar-refractivity contribution in [3.63, 3.8) is 0 Å². The van der Waals surface area contributed by atoms with Crippen molar-refractivity contribution in [2.24, 2.45) is 0 Å². The number of rotatable bonds is 8. The van der Waals surface area contributed by atoms with Crippen LogP contribution in [0.1, 0.15) is 19.2 Å². The average molecular weight is 289 g/mol. The van der Waals surface area contributed by atoms with Gasteiger partial charge in [0.15, 0.2) is 0 Å². The molecule has 0 aliphatic rings. The summed E-state index contributed by atoms with van der Waals surface area (Å²) in [6.45, 7) is 5.58. The third kappa shape index (κ3) is 5.30. The van der Waals surface area contributed by atoms with Crippen molar-refractivity contribution >= 4 is 10.0 Å². The van der Waals surface area contributed by atoms with E-state index in [9.17, 15) is 8.42 Å². The van der Waals surface area contributed by atoms with E-state index in [0.29, 0.717) is 13.2 Å². The van der Waals surface area contributed by atoms with Gasteiger partial charge in [0.1, 0.15) is 5.82 Å². The summed E-state index contributed by atoms with van der Waals surface area (Å²) in [6, 6.07) is 0. The van der Waals surface area contributed by atoms with Crippen molar-refractivity contribution < 1.29 is 13.2 Å². The molecular formula is C12H23N3O3S. The Morgan fingerprint density at radius 2 is 2.21 bits per heavy atom. The highest BCUT2D eigenvalue weighted by atomic mass is 32.2. The zero-order valence-electron chi connectivity index (χ0n) is 12.0. The van der Waals surface area contributed by atoms with E-state index in [1.807, 2.05) is 24.6 Å². The molecule has 0 spiro atoms. The lowest BCUT2D eigenvalue weighted by Crippen LogP contribution is -2.35. The van der Waals surface area contributed by atoms with E-state index >= 15 is 0 Å². The molecule has 1 aromatic rings. The Morgan fingerprint density at radius 3 is 2.68 bits per heavy atom. The van der Waals surface area contributed by atoms with Crippen LogP contribution >= 0.6 is 0 Å². The van der Waals surface area contributed by atoms with Crippen LogP contribution in [0.3, 0.4) is 0 Å². The molecule has 0 aromatic carbocycles. The Kier molecular flexibility index (Phi) is 5.96. The summed E-state index contributed by atoms with van der Waals surface area (Å²) >= 11 is 0. The summed E-state index contributed by atoms with van der Waals surface area (Å²) in [6.07, 6.45) is 5.53. The van der Waals surface area contributed by atoms with E-state index in [4.69, 9.17) is 4.74 Å². The molecule has 7 heteroatoms. The highest BCUT2D eigenvalue weighted by molar-refractivity contribution is 7.88. The summed E-state index contributed by atoms with van der Waals surface area (Å²) in [5.41, 5.74) is 0. The van der Waals surface area contributed by atoms with Crippen molar-refractivity contribution in [2.45, 2.75) is 32.9 Å². The second-order valence-electron chi connectivity index (χ2n) is 4.58. The van der Waals surface area contributed by atoms with Crippen LogP contribution in [0.5, 0.6) is 0 Å². The maximum atomic E-state index is 11.4. The van der Waals surface area contributed by atoms with Gasteiger partial charge in [-0.25, -0.2) is 17.7 Å². The van der Waals surface area contributed by atoms with Gasteiger partial charge in [-0.15, -0.1) is 0 Å². The van der Waals surface area contributed by atoms with E-state index in [1.165, 1.54) is 10.6 Å². The molecule has 0 bridgehead atoms. The number of aryl methyl sites for hydroxylation is 2. The largest absolute Gasteiger partial charge is 0.377 e. The lowest BCUT2D eigenvalue weighted by atomic mass is 10.2. The predicted molar refractivity (Wildman–Crippen MR) is 74.5 cm³/mol. The Balaban J connectivity index is 2.56. The Bertz CT molecular complexity index is 484. The number of aromatic nitrogens is 2. The summed E-state index contributed by atoms with van der Waals surface area (Å²) in [5.74, 6) is 0.951. The molecule has 0 unspecified atom stereocenters. The van der Waals surface area contributed by atoms with Crippen molar-refractivity contribution in [2.75, 3.05) is 26.5 Å². The monoisotopic (exact) mass is 289 g/mol. The number of hydrogen-bond acceptors (Lipinski definition) is 4. The third-order valence-electron chi connectivity index (χ3n) is 3.04. The van der Waals surface area contributed by atoms with E-state index in [0.717, 1.165) is 18.8 Å². The number of hydrogen-bond donors (Lipinski definition) is 0. The van der Waals surface area contributed by atoms with Crippen LogP contribution < -0.4 is 0 Å². The normalized spacial score (nSPS) is 13.9. The first-order valence-electron chi connectivity index (χ1n) is 6.35. The van der Waals surface area contributed by atoms with Crippen LogP contribution in [0.15, 0.2) is 12.4 Å². The molecule has 1 aromatic heterocycles. The fourth-order valence-corrected chi connectivity index (χ4v) is 2.25. The van der Waals surface area contributed by atoms with Crippen LogP contribution in [0, 0.1) is 6.92 Å². The number of imidazole rings is 1. The SMILES string of the molecule is CCO[C@@H](CCn1ccnc1C)CN(C)S(C)(=O)=O. The molecule has 0 amide bonds. The minimum absolute atomic E-state index is 0.105. The van der Waals surface area contributed by atoms with Gasteiger partial charge in [0.05, 0.1) is 12.4 Å². The molecule has 0 radical (unpaired) electrons. The predicted octanol–water partition coefficient (Wildman–Crippen LogP) is 0.878. The van der Waals surface area contributed by atoms with E-state index < -0.39 is 10.0 Å². The third-order valence-corrected chi connectivity index (χ3v) is 4.33. The van der Waals surface area contributed by atoms with Crippen LogP contribution in [-0.4, -0.2) is 54.8 Å². The van der Waals surface area contributed by atoms with Gasteiger partial charge in [-0.2, -0.15) is 0 Å². The van der Waals surface area contributed by atoms with E-state index in [1.54, 1.807) is 13.2 Å². The molecule has 0 saturated carbocycles. The van der Waals surface area contributed by atoms with Gasteiger partial charge in [-0.05, 0) is 20.3 Å². The van der Waals surface area contributed by atoms with Crippen molar-refractivity contribution in [3.8, 4) is 0 Å². The quantitative estimate of drug-likeness (QED) is 0.712. The number of likely N-dealkylation sites (N-methyl/N-ethyl adjacent to an activating group) is 1. The van der Waals surface area contributed by atoms with E-state index in [-0.39, 0.29) is 6.10 Å². The molecule has 6 nitrogen and oxygen atoms in total. The fraction of sp³-hybridized carbons (Fsp3) is 0.750. The molecular weight excluding hydrogens is 266 g/mol. The average Bonchev–Trinajstić information content (AvgIpc) is 2.70. The zero-order valence-corrected chi connectivity index (χ0v) is 12.9. The van der Waals surface area contributed by atoms with Crippen LogP contribution in [0.2, 0.25) is 0 Å². The summed E-state index contributed by atoms with van der Waals surface area (Å²) in [7, 11) is -1.59. The molecule has 1 atom stereocenters. The van der Waals surface area contributed by atoms with E-state index in [2.05, 4.69) is 4.98 Å². The lowest BCUT2D eigenvalue weighted by molar-refractivity contribution is 0.0437. The standard InChI is InChI=1S/C12H23N3O3S/c1-5-18-12(10-14(3)19(4,16)17)6-8-15-9-7-13-11(15)2/h7,9,12H,5-6,8,10H2,1-4H3/t12-/m0/s1. The molecule has 1 rings (SSSR count). The van der Waals surface area contributed by atoms with Gasteiger partial charge in [0.2, 0.25) is 10.0 Å². The van der Waals surface area contributed by atoms with Crippen LogP contribution in [0.25, 0.3) is 0 Å². The van der Waals surface area contributed by atoms with Crippen molar-refractivity contribution in [1.29, 1.82) is 0 Å². The minimum atomic E-state index is -3.16. The van der Waals surface area contributed by atoms with Gasteiger partial charge in [0, 0.05) is 39.1 Å². The molecule has 19 heavy (non-hydrogen) atoms. The Labute approximate surface area is 115 Å². The molecule has 0 aliphatic carbocycles. The molecule has 0 N–H and O–H groups in total. The first-order valence-corrected chi connectivity index (χ1v) is 8.20. The summed E-state index contributed by atoms with van der Waals surface area (Å²) < 4.78 is 31.8. The second kappa shape index (κ2) is 7.02. The highest BCUT2D eigenvalue weighted by Crippen LogP contribution is 2.07. The molecule has 0 fully saturated rings. The molecule has 110 valence electrons. The molecule has 1 heterocycles. The summed E-state index contributed by atoms with van der Waals surface area (Å²) in [4.78, 5) is 4.16. The second-order valence-corrected chi connectivity index (χ2v) is 6.67. The number of nitrogens with zero attached hydrogens (tertiary/aromatic N) is 3. The van der Waals surface area contributed by atoms with Gasteiger partial charge < -0.3 is 9.30 Å². The van der Waals surface area contributed by atoms with Crippen molar-refractivity contribution in [3.05, 3.63) is 18.2 Å². The lowest BCUT2D eigenvalue weighted by Gasteiger charge is -2.22. The smallest absolute Gasteiger partial charge is 0.211 e. The topological polar surface area (TPSA) is 64.4 Å². The summed E-state index contributed by atoms with van der Waals surface area (Å²) in [5, 5.41) is 0. The number of ether oxygens (including phenoxy) is 1. The minimum Gasteiger partial charge on any atom is -0.377 e. The zero-order chi connectivity index (χ0) is 14.5. The molecule has 0 aliphatic heterocycles. The maximum absolute atomic E-state index is 11.4. The fourth-order valence-electron chi connectivity index (χ4n) is 1.81. The van der Waals surface area contributed by atoms with Gasteiger partial charge in [-0.1, -0.05) is 0 Å². The number of sulfonamides is 1. The Morgan fingerprint density at radius 1 is 1.53 bits per heavy atom. The van der Waals surface area contributed by atoms with Crippen molar-refractivity contribution in [1.82, 2.24) is 13.9 Å². The maximum Gasteiger partial charge on any atom is 0.211 e. The first kappa shape index (κ1) is 16.1. The first-order chi connectivity index (χ1) is 8.84. The molecule has 0 saturated heterocycles.